The molecule has 0 aliphatic rings. The Labute approximate surface area is 77.1 Å². The number of halogens is 3. The molecule has 13 heavy (non-hydrogen) atoms. The molecule has 0 aromatic carbocycles. The van der Waals surface area contributed by atoms with Crippen molar-refractivity contribution in [2.45, 2.75) is 25.6 Å². The van der Waals surface area contributed by atoms with E-state index in [1.165, 1.54) is 11.9 Å². The van der Waals surface area contributed by atoms with E-state index in [4.69, 9.17) is 0 Å². The van der Waals surface area contributed by atoms with E-state index >= 15 is 0 Å². The van der Waals surface area contributed by atoms with Gasteiger partial charge in [0, 0.05) is 12.6 Å². The fraction of sp³-hybridized carbons (Fsp3) is 1.00. The van der Waals surface area contributed by atoms with Crippen molar-refractivity contribution in [2.75, 3.05) is 27.2 Å². The average Bonchev–Trinajstić information content (AvgIpc) is 1.96. The van der Waals surface area contributed by atoms with Crippen LogP contribution in [-0.4, -0.2) is 44.3 Å². The van der Waals surface area contributed by atoms with E-state index in [2.05, 4.69) is 5.32 Å². The van der Waals surface area contributed by atoms with E-state index in [1.54, 1.807) is 7.05 Å². The van der Waals surface area contributed by atoms with Crippen LogP contribution in [0.1, 0.15) is 13.3 Å². The van der Waals surface area contributed by atoms with Gasteiger partial charge in [0.15, 0.2) is 0 Å². The van der Waals surface area contributed by atoms with E-state index < -0.39 is 12.7 Å². The molecule has 0 spiro atoms. The number of rotatable bonds is 5. The monoisotopic (exact) mass is 198 g/mol. The first-order chi connectivity index (χ1) is 5.90. The van der Waals surface area contributed by atoms with Crippen LogP contribution >= 0.6 is 0 Å². The number of likely N-dealkylation sites (N-methyl/N-ethyl adjacent to an activating group) is 2. The molecule has 0 aromatic rings. The second-order valence-corrected chi connectivity index (χ2v) is 3.15. The van der Waals surface area contributed by atoms with Gasteiger partial charge in [-0.1, -0.05) is 6.92 Å². The molecule has 1 N–H and O–H groups in total. The zero-order chi connectivity index (χ0) is 10.5. The summed E-state index contributed by atoms with van der Waals surface area (Å²) in [6.45, 7) is 1.63. The lowest BCUT2D eigenvalue weighted by Gasteiger charge is -2.27. The maximum Gasteiger partial charge on any atom is 0.401 e. The molecule has 0 radical (unpaired) electrons. The minimum Gasteiger partial charge on any atom is -0.318 e. The number of hydrogen-bond acceptors (Lipinski definition) is 2. The fourth-order valence-corrected chi connectivity index (χ4v) is 1.26. The summed E-state index contributed by atoms with van der Waals surface area (Å²) in [5.74, 6) is 0. The van der Waals surface area contributed by atoms with Crippen LogP contribution in [0, 0.1) is 0 Å². The molecular weight excluding hydrogens is 181 g/mol. The number of nitrogens with zero attached hydrogens (tertiary/aromatic N) is 1. The zero-order valence-electron chi connectivity index (χ0n) is 8.28. The van der Waals surface area contributed by atoms with Gasteiger partial charge in [0.1, 0.15) is 0 Å². The molecule has 0 fully saturated rings. The Bertz CT molecular complexity index is 136. The lowest BCUT2D eigenvalue weighted by atomic mass is 10.2. The molecule has 1 atom stereocenters. The third kappa shape index (κ3) is 5.87. The fourth-order valence-electron chi connectivity index (χ4n) is 1.26. The minimum atomic E-state index is -4.10. The van der Waals surface area contributed by atoms with Gasteiger partial charge in [-0.3, -0.25) is 4.90 Å². The summed E-state index contributed by atoms with van der Waals surface area (Å²) in [7, 11) is 3.24. The van der Waals surface area contributed by atoms with Crippen molar-refractivity contribution in [1.82, 2.24) is 10.2 Å². The third-order valence-corrected chi connectivity index (χ3v) is 1.96. The molecule has 5 heteroatoms. The number of nitrogens with one attached hydrogen (secondary N) is 1. The van der Waals surface area contributed by atoms with Crippen LogP contribution in [0.4, 0.5) is 13.2 Å². The van der Waals surface area contributed by atoms with E-state index in [-0.39, 0.29) is 6.04 Å². The highest BCUT2D eigenvalue weighted by Crippen LogP contribution is 2.17. The van der Waals surface area contributed by atoms with Gasteiger partial charge >= 0.3 is 6.18 Å². The van der Waals surface area contributed by atoms with Crippen LogP contribution in [-0.2, 0) is 0 Å². The number of alkyl halides is 3. The lowest BCUT2D eigenvalue weighted by molar-refractivity contribution is -0.147. The topological polar surface area (TPSA) is 15.3 Å². The summed E-state index contributed by atoms with van der Waals surface area (Å²) in [4.78, 5) is 1.33. The summed E-state index contributed by atoms with van der Waals surface area (Å²) in [6, 6.07) is -0.0494. The van der Waals surface area contributed by atoms with Crippen molar-refractivity contribution >= 4 is 0 Å². The molecular formula is C8H17F3N2. The molecule has 2 nitrogen and oxygen atoms in total. The highest BCUT2D eigenvalue weighted by atomic mass is 19.4. The smallest absolute Gasteiger partial charge is 0.318 e. The highest BCUT2D eigenvalue weighted by molar-refractivity contribution is 4.71. The van der Waals surface area contributed by atoms with Crippen molar-refractivity contribution in [2.24, 2.45) is 0 Å². The van der Waals surface area contributed by atoms with Gasteiger partial charge in [0.05, 0.1) is 6.54 Å². The molecule has 0 aromatic heterocycles. The van der Waals surface area contributed by atoms with Crippen LogP contribution in [0.3, 0.4) is 0 Å². The van der Waals surface area contributed by atoms with Crippen molar-refractivity contribution in [3.8, 4) is 0 Å². The first kappa shape index (κ1) is 12.7. The normalized spacial score (nSPS) is 15.0. The summed E-state index contributed by atoms with van der Waals surface area (Å²) < 4.78 is 35.9. The van der Waals surface area contributed by atoms with Gasteiger partial charge in [-0.05, 0) is 20.5 Å². The molecule has 0 saturated heterocycles. The average molecular weight is 198 g/mol. The Morgan fingerprint density at radius 3 is 2.23 bits per heavy atom. The van der Waals surface area contributed by atoms with Gasteiger partial charge in [0.25, 0.3) is 0 Å². The SMILES string of the molecule is CCC(CNC)N(C)CC(F)(F)F. The largest absolute Gasteiger partial charge is 0.401 e. The predicted octanol–water partition coefficient (Wildman–Crippen LogP) is 1.48. The lowest BCUT2D eigenvalue weighted by Crippen LogP contribution is -2.43. The Balaban J connectivity index is 3.97. The molecule has 0 heterocycles. The highest BCUT2D eigenvalue weighted by Gasteiger charge is 2.31. The van der Waals surface area contributed by atoms with E-state index in [1.807, 2.05) is 6.92 Å². The molecule has 1 unspecified atom stereocenters. The maximum absolute atomic E-state index is 12.0. The Morgan fingerprint density at radius 1 is 1.38 bits per heavy atom. The molecule has 0 bridgehead atoms. The first-order valence-electron chi connectivity index (χ1n) is 4.32. The molecule has 0 saturated carbocycles. The summed E-state index contributed by atoms with van der Waals surface area (Å²) >= 11 is 0. The van der Waals surface area contributed by atoms with Crippen molar-refractivity contribution < 1.29 is 13.2 Å². The van der Waals surface area contributed by atoms with Gasteiger partial charge in [-0.25, -0.2) is 0 Å². The molecule has 0 rings (SSSR count). The zero-order valence-corrected chi connectivity index (χ0v) is 8.28. The van der Waals surface area contributed by atoms with Crippen molar-refractivity contribution in [3.63, 3.8) is 0 Å². The van der Waals surface area contributed by atoms with Gasteiger partial charge in [-0.15, -0.1) is 0 Å². The van der Waals surface area contributed by atoms with Gasteiger partial charge in [-0.2, -0.15) is 13.2 Å². The third-order valence-electron chi connectivity index (χ3n) is 1.96. The Morgan fingerprint density at radius 2 is 1.92 bits per heavy atom. The maximum atomic E-state index is 12.0. The van der Waals surface area contributed by atoms with Crippen LogP contribution < -0.4 is 5.32 Å². The summed E-state index contributed by atoms with van der Waals surface area (Å²) in [6.07, 6.45) is -3.39. The molecule has 0 amide bonds. The summed E-state index contributed by atoms with van der Waals surface area (Å²) in [5.41, 5.74) is 0. The standard InChI is InChI=1S/C8H17F3N2/c1-4-7(5-12-2)13(3)6-8(9,10)11/h7,12H,4-6H2,1-3H3. The van der Waals surface area contributed by atoms with Gasteiger partial charge in [0.2, 0.25) is 0 Å². The predicted molar refractivity (Wildman–Crippen MR) is 46.7 cm³/mol. The van der Waals surface area contributed by atoms with Crippen LogP contribution in [0.2, 0.25) is 0 Å². The number of hydrogen-bond donors (Lipinski definition) is 1. The molecule has 0 aliphatic heterocycles. The quantitative estimate of drug-likeness (QED) is 0.719. The van der Waals surface area contributed by atoms with Gasteiger partial charge < -0.3 is 5.32 Å². The Kier molecular flexibility index (Phi) is 5.32. The molecule has 80 valence electrons. The van der Waals surface area contributed by atoms with Crippen molar-refractivity contribution in [1.29, 1.82) is 0 Å². The van der Waals surface area contributed by atoms with Crippen molar-refractivity contribution in [3.05, 3.63) is 0 Å². The van der Waals surface area contributed by atoms with E-state index in [0.717, 1.165) is 0 Å². The van der Waals surface area contributed by atoms with Crippen LogP contribution in [0.25, 0.3) is 0 Å². The first-order valence-corrected chi connectivity index (χ1v) is 4.32. The molecule has 0 aliphatic carbocycles. The van der Waals surface area contributed by atoms with Crippen LogP contribution in [0.15, 0.2) is 0 Å². The minimum absolute atomic E-state index is 0.0494. The second kappa shape index (κ2) is 5.44. The van der Waals surface area contributed by atoms with E-state index in [9.17, 15) is 13.2 Å². The summed E-state index contributed by atoms with van der Waals surface area (Å²) in [5, 5.41) is 2.88. The van der Waals surface area contributed by atoms with E-state index in [0.29, 0.717) is 13.0 Å². The Hall–Kier alpha value is -0.290. The van der Waals surface area contributed by atoms with Crippen LogP contribution in [0.5, 0.6) is 0 Å². The second-order valence-electron chi connectivity index (χ2n) is 3.15.